The molecule has 0 fully saturated rings. The lowest BCUT2D eigenvalue weighted by Crippen LogP contribution is -2.22. The van der Waals surface area contributed by atoms with Crippen LogP contribution in [0.15, 0.2) is 64.2 Å². The Morgan fingerprint density at radius 3 is 2.67 bits per heavy atom. The average Bonchev–Trinajstić information content (AvgIpc) is 3.06. The molecule has 1 N–H and O–H groups in total. The van der Waals surface area contributed by atoms with Crippen molar-refractivity contribution in [2.75, 3.05) is 12.8 Å². The number of rotatable bonds is 5. The third-order valence-electron chi connectivity index (χ3n) is 3.58. The van der Waals surface area contributed by atoms with Crippen molar-refractivity contribution < 1.29 is 4.21 Å². The van der Waals surface area contributed by atoms with E-state index in [-0.39, 0.29) is 6.04 Å². The second-order valence-electron chi connectivity index (χ2n) is 4.85. The largest absolute Gasteiger partial charge is 0.312 e. The van der Waals surface area contributed by atoms with Gasteiger partial charge < -0.3 is 5.32 Å². The molecular formula is C17H17NOS2. The first-order valence-corrected chi connectivity index (χ1v) is 9.06. The Kier molecular flexibility index (Phi) is 4.48. The molecule has 21 heavy (non-hydrogen) atoms. The maximum Gasteiger partial charge on any atom is 0.0911 e. The number of nitrogens with one attached hydrogen (secondary N) is 1. The van der Waals surface area contributed by atoms with Gasteiger partial charge in [0.25, 0.3) is 0 Å². The van der Waals surface area contributed by atoms with E-state index in [2.05, 4.69) is 41.7 Å². The van der Waals surface area contributed by atoms with Crippen molar-refractivity contribution in [1.29, 1.82) is 0 Å². The number of hydrogen-bond acceptors (Lipinski definition) is 3. The highest BCUT2D eigenvalue weighted by Gasteiger charge is 2.17. The third-order valence-corrected chi connectivity index (χ3v) is 6.31. The van der Waals surface area contributed by atoms with Gasteiger partial charge in [-0.2, -0.15) is 0 Å². The smallest absolute Gasteiger partial charge is 0.0911 e. The minimum atomic E-state index is -0.970. The third kappa shape index (κ3) is 3.07. The molecule has 2 atom stereocenters. The van der Waals surface area contributed by atoms with Gasteiger partial charge in [0.2, 0.25) is 0 Å². The van der Waals surface area contributed by atoms with Crippen LogP contribution >= 0.6 is 11.3 Å². The van der Waals surface area contributed by atoms with Gasteiger partial charge in [0, 0.05) is 11.8 Å². The van der Waals surface area contributed by atoms with Crippen molar-refractivity contribution in [3.05, 3.63) is 65.5 Å². The van der Waals surface area contributed by atoms with E-state index in [0.29, 0.717) is 5.75 Å². The molecule has 2 unspecified atom stereocenters. The summed E-state index contributed by atoms with van der Waals surface area (Å²) < 4.78 is 13.4. The van der Waals surface area contributed by atoms with Crippen LogP contribution in [-0.4, -0.2) is 17.0 Å². The molecule has 0 aliphatic carbocycles. The molecule has 0 saturated carbocycles. The van der Waals surface area contributed by atoms with Crippen LogP contribution in [0.4, 0.5) is 0 Å². The molecule has 2 nitrogen and oxygen atoms in total. The Morgan fingerprint density at radius 1 is 1.10 bits per heavy atom. The molecule has 1 aromatic heterocycles. The Hall–Kier alpha value is -1.49. The summed E-state index contributed by atoms with van der Waals surface area (Å²) in [4.78, 5) is 0. The predicted octanol–water partition coefficient (Wildman–Crippen LogP) is 3.97. The second kappa shape index (κ2) is 6.52. The van der Waals surface area contributed by atoms with Gasteiger partial charge in [-0.05, 0) is 34.8 Å². The van der Waals surface area contributed by atoms with Crippen molar-refractivity contribution in [1.82, 2.24) is 5.32 Å². The van der Waals surface area contributed by atoms with E-state index in [1.165, 1.54) is 16.3 Å². The number of benzene rings is 2. The van der Waals surface area contributed by atoms with Gasteiger partial charge in [-0.15, -0.1) is 11.3 Å². The lowest BCUT2D eigenvalue weighted by atomic mass is 10.00. The van der Waals surface area contributed by atoms with Crippen molar-refractivity contribution in [3.8, 4) is 0 Å². The topological polar surface area (TPSA) is 29.1 Å². The molecule has 4 heteroatoms. The fourth-order valence-corrected chi connectivity index (χ4v) is 4.80. The molecule has 0 saturated heterocycles. The van der Waals surface area contributed by atoms with Crippen LogP contribution in [0.3, 0.4) is 0 Å². The van der Waals surface area contributed by atoms with Crippen LogP contribution in [0.2, 0.25) is 0 Å². The van der Waals surface area contributed by atoms with Crippen LogP contribution in [0.25, 0.3) is 10.8 Å². The number of hydrogen-bond donors (Lipinski definition) is 1. The van der Waals surface area contributed by atoms with Crippen molar-refractivity contribution in [2.24, 2.45) is 0 Å². The highest BCUT2D eigenvalue weighted by atomic mass is 32.2. The van der Waals surface area contributed by atoms with Crippen LogP contribution in [0, 0.1) is 0 Å². The second-order valence-corrected chi connectivity index (χ2v) is 7.52. The van der Waals surface area contributed by atoms with E-state index < -0.39 is 10.8 Å². The van der Waals surface area contributed by atoms with Crippen LogP contribution < -0.4 is 5.32 Å². The summed E-state index contributed by atoms with van der Waals surface area (Å²) in [5.74, 6) is 0.588. The summed E-state index contributed by atoms with van der Waals surface area (Å²) in [5.41, 5.74) is 1.21. The molecule has 0 radical (unpaired) electrons. The first-order chi connectivity index (χ1) is 10.3. The van der Waals surface area contributed by atoms with E-state index in [0.717, 1.165) is 4.21 Å². The van der Waals surface area contributed by atoms with Crippen LogP contribution in [0.5, 0.6) is 0 Å². The van der Waals surface area contributed by atoms with Gasteiger partial charge in [-0.3, -0.25) is 4.21 Å². The van der Waals surface area contributed by atoms with E-state index in [4.69, 9.17) is 0 Å². The van der Waals surface area contributed by atoms with Crippen molar-refractivity contribution in [3.63, 3.8) is 0 Å². The monoisotopic (exact) mass is 315 g/mol. The van der Waals surface area contributed by atoms with Crippen LogP contribution in [0.1, 0.15) is 11.6 Å². The molecule has 0 aliphatic heterocycles. The fraction of sp³-hybridized carbons (Fsp3) is 0.176. The van der Waals surface area contributed by atoms with Crippen LogP contribution in [-0.2, 0) is 10.8 Å². The maximum atomic E-state index is 12.5. The molecule has 0 bridgehead atoms. The highest BCUT2D eigenvalue weighted by molar-refractivity contribution is 7.87. The summed E-state index contributed by atoms with van der Waals surface area (Å²) in [5, 5.41) is 7.73. The molecular weight excluding hydrogens is 298 g/mol. The molecule has 0 amide bonds. The lowest BCUT2D eigenvalue weighted by Gasteiger charge is -2.18. The molecule has 1 heterocycles. The Morgan fingerprint density at radius 2 is 1.90 bits per heavy atom. The molecule has 3 rings (SSSR count). The Labute approximate surface area is 131 Å². The van der Waals surface area contributed by atoms with Gasteiger partial charge in [0.15, 0.2) is 0 Å². The summed E-state index contributed by atoms with van der Waals surface area (Å²) in [6, 6.07) is 18.6. The maximum absolute atomic E-state index is 12.5. The quantitative estimate of drug-likeness (QED) is 0.772. The zero-order valence-corrected chi connectivity index (χ0v) is 13.4. The normalized spacial score (nSPS) is 14.1. The Balaban J connectivity index is 1.93. The lowest BCUT2D eigenvalue weighted by molar-refractivity contribution is 0.639. The van der Waals surface area contributed by atoms with Gasteiger partial charge in [0.05, 0.1) is 15.0 Å². The predicted molar refractivity (Wildman–Crippen MR) is 91.3 cm³/mol. The van der Waals surface area contributed by atoms with E-state index in [9.17, 15) is 4.21 Å². The zero-order valence-electron chi connectivity index (χ0n) is 11.8. The van der Waals surface area contributed by atoms with E-state index >= 15 is 0 Å². The Bertz CT molecular complexity index is 747. The molecule has 3 aromatic rings. The van der Waals surface area contributed by atoms with Gasteiger partial charge in [-0.1, -0.05) is 48.5 Å². The summed E-state index contributed by atoms with van der Waals surface area (Å²) in [7, 11) is 0.959. The first-order valence-electron chi connectivity index (χ1n) is 6.86. The number of thiophene rings is 1. The van der Waals surface area contributed by atoms with Gasteiger partial charge in [-0.25, -0.2) is 0 Å². The zero-order chi connectivity index (χ0) is 14.7. The average molecular weight is 315 g/mol. The number of fused-ring (bicyclic) bond motifs is 1. The highest BCUT2D eigenvalue weighted by Crippen LogP contribution is 2.26. The standard InChI is InChI=1S/C17H17NOS2/c1-18-16(12-21(19)17-10-5-11-20-17)15-9-4-7-13-6-2-3-8-14(13)15/h2-11,16,18H,12H2,1H3. The van der Waals surface area contributed by atoms with E-state index in [1.54, 1.807) is 11.3 Å². The van der Waals surface area contributed by atoms with E-state index in [1.807, 2.05) is 30.6 Å². The van der Waals surface area contributed by atoms with Crippen molar-refractivity contribution >= 4 is 32.9 Å². The van der Waals surface area contributed by atoms with Crippen molar-refractivity contribution in [2.45, 2.75) is 10.3 Å². The summed E-state index contributed by atoms with van der Waals surface area (Å²) in [6.07, 6.45) is 0. The fourth-order valence-electron chi connectivity index (χ4n) is 2.51. The minimum Gasteiger partial charge on any atom is -0.312 e. The van der Waals surface area contributed by atoms with Gasteiger partial charge >= 0.3 is 0 Å². The molecule has 0 spiro atoms. The first kappa shape index (κ1) is 14.4. The van der Waals surface area contributed by atoms with Gasteiger partial charge in [0.1, 0.15) is 0 Å². The summed E-state index contributed by atoms with van der Waals surface area (Å²) in [6.45, 7) is 0. The molecule has 108 valence electrons. The SMILES string of the molecule is CNC(CS(=O)c1cccs1)c1cccc2ccccc12. The molecule has 2 aromatic carbocycles. The minimum absolute atomic E-state index is 0.0824. The molecule has 0 aliphatic rings. The summed E-state index contributed by atoms with van der Waals surface area (Å²) >= 11 is 1.55.